The Labute approximate surface area is 137 Å². The van der Waals surface area contributed by atoms with Gasteiger partial charge >= 0.3 is 5.97 Å². The van der Waals surface area contributed by atoms with Crippen LogP contribution in [0.25, 0.3) is 0 Å². The van der Waals surface area contributed by atoms with Crippen LogP contribution in [0.3, 0.4) is 0 Å². The lowest BCUT2D eigenvalue weighted by Gasteiger charge is -2.14. The third kappa shape index (κ3) is 4.74. The quantitative estimate of drug-likeness (QED) is 0.568. The number of hydrogen-bond donors (Lipinski definition) is 0. The van der Waals surface area contributed by atoms with Crippen molar-refractivity contribution >= 4 is 5.97 Å². The summed E-state index contributed by atoms with van der Waals surface area (Å²) in [6.07, 6.45) is 0. The predicted octanol–water partition coefficient (Wildman–Crippen LogP) is 4.19. The second-order valence-electron chi connectivity index (χ2n) is 5.34. The number of para-hydroxylation sites is 3. The van der Waals surface area contributed by atoms with Crippen LogP contribution in [0.1, 0.15) is 32.3 Å². The van der Waals surface area contributed by atoms with E-state index in [4.69, 9.17) is 14.2 Å². The van der Waals surface area contributed by atoms with Crippen LogP contribution in [-0.4, -0.2) is 19.2 Å². The van der Waals surface area contributed by atoms with Crippen molar-refractivity contribution in [2.24, 2.45) is 0 Å². The summed E-state index contributed by atoms with van der Waals surface area (Å²) in [5.41, 5.74) is 1.06. The van der Waals surface area contributed by atoms with E-state index < -0.39 is 5.97 Å². The van der Waals surface area contributed by atoms with Gasteiger partial charge in [-0.1, -0.05) is 44.2 Å². The maximum absolute atomic E-state index is 12.0. The number of esters is 1. The molecule has 0 fully saturated rings. The lowest BCUT2D eigenvalue weighted by molar-refractivity contribution is -0.136. The van der Waals surface area contributed by atoms with Gasteiger partial charge in [-0.15, -0.1) is 0 Å². The van der Waals surface area contributed by atoms with Crippen LogP contribution >= 0.6 is 0 Å². The van der Waals surface area contributed by atoms with Crippen LogP contribution in [-0.2, 0) is 4.79 Å². The van der Waals surface area contributed by atoms with Crippen LogP contribution in [0.4, 0.5) is 0 Å². The van der Waals surface area contributed by atoms with E-state index in [0.29, 0.717) is 29.8 Å². The maximum atomic E-state index is 12.0. The normalized spacial score (nSPS) is 10.4. The first-order chi connectivity index (χ1) is 11.1. The molecule has 2 aromatic carbocycles. The van der Waals surface area contributed by atoms with E-state index in [1.54, 1.807) is 18.2 Å². The number of carbonyl (C=O) groups is 1. The molecule has 23 heavy (non-hydrogen) atoms. The molecule has 0 amide bonds. The number of carbonyl (C=O) groups excluding carboxylic acids is 1. The Morgan fingerprint density at radius 1 is 0.913 bits per heavy atom. The first kappa shape index (κ1) is 16.9. The monoisotopic (exact) mass is 314 g/mol. The molecule has 0 saturated heterocycles. The fourth-order valence-corrected chi connectivity index (χ4v) is 2.19. The van der Waals surface area contributed by atoms with Crippen molar-refractivity contribution in [3.05, 3.63) is 54.1 Å². The molecular weight excluding hydrogens is 292 g/mol. The lowest BCUT2D eigenvalue weighted by atomic mass is 10.0. The number of rotatable bonds is 7. The van der Waals surface area contributed by atoms with E-state index >= 15 is 0 Å². The highest BCUT2D eigenvalue weighted by Crippen LogP contribution is 2.27. The minimum Gasteiger partial charge on any atom is -0.490 e. The highest BCUT2D eigenvalue weighted by Gasteiger charge is 2.12. The van der Waals surface area contributed by atoms with Crippen molar-refractivity contribution in [2.75, 3.05) is 13.2 Å². The molecule has 0 unspecified atom stereocenters. The standard InChI is InChI=1S/C19H22O4/c1-4-21-17-11-7-8-12-18(17)23-19(20)13-22-16-10-6-5-9-15(16)14(2)3/h5-12,14H,4,13H2,1-3H3. The Morgan fingerprint density at radius 3 is 2.17 bits per heavy atom. The van der Waals surface area contributed by atoms with Gasteiger partial charge in [0.15, 0.2) is 18.1 Å². The van der Waals surface area contributed by atoms with Crippen LogP contribution < -0.4 is 14.2 Å². The first-order valence-corrected chi connectivity index (χ1v) is 7.76. The molecule has 0 radical (unpaired) electrons. The van der Waals surface area contributed by atoms with E-state index in [1.165, 1.54) is 0 Å². The minimum absolute atomic E-state index is 0.149. The summed E-state index contributed by atoms with van der Waals surface area (Å²) >= 11 is 0. The van der Waals surface area contributed by atoms with Crippen LogP contribution in [0.2, 0.25) is 0 Å². The molecule has 0 aliphatic heterocycles. The van der Waals surface area contributed by atoms with Crippen LogP contribution in [0.5, 0.6) is 17.2 Å². The average molecular weight is 314 g/mol. The molecule has 2 aromatic rings. The summed E-state index contributed by atoms with van der Waals surface area (Å²) in [4.78, 5) is 12.0. The molecule has 0 aromatic heterocycles. The summed E-state index contributed by atoms with van der Waals surface area (Å²) in [6.45, 7) is 6.40. The maximum Gasteiger partial charge on any atom is 0.349 e. The van der Waals surface area contributed by atoms with Gasteiger partial charge < -0.3 is 14.2 Å². The van der Waals surface area contributed by atoms with E-state index in [-0.39, 0.29) is 6.61 Å². The Balaban J connectivity index is 1.99. The molecule has 0 saturated carbocycles. The fraction of sp³-hybridized carbons (Fsp3) is 0.316. The second-order valence-corrected chi connectivity index (χ2v) is 5.34. The van der Waals surface area contributed by atoms with Crippen molar-refractivity contribution in [3.8, 4) is 17.2 Å². The molecule has 0 atom stereocenters. The Morgan fingerprint density at radius 2 is 1.52 bits per heavy atom. The zero-order valence-corrected chi connectivity index (χ0v) is 13.7. The van der Waals surface area contributed by atoms with Crippen LogP contribution in [0.15, 0.2) is 48.5 Å². The zero-order chi connectivity index (χ0) is 16.7. The summed E-state index contributed by atoms with van der Waals surface area (Å²) in [5.74, 6) is 1.51. The predicted molar refractivity (Wildman–Crippen MR) is 89.3 cm³/mol. The highest BCUT2D eigenvalue weighted by molar-refractivity contribution is 5.74. The van der Waals surface area contributed by atoms with Crippen molar-refractivity contribution in [1.29, 1.82) is 0 Å². The van der Waals surface area contributed by atoms with Gasteiger partial charge in [0.2, 0.25) is 0 Å². The molecule has 0 N–H and O–H groups in total. The second kappa shape index (κ2) is 8.22. The van der Waals surface area contributed by atoms with Crippen LogP contribution in [0, 0.1) is 0 Å². The topological polar surface area (TPSA) is 44.8 Å². The third-order valence-corrected chi connectivity index (χ3v) is 3.26. The summed E-state index contributed by atoms with van der Waals surface area (Å²) < 4.78 is 16.4. The molecular formula is C19H22O4. The molecule has 0 bridgehead atoms. The third-order valence-electron chi connectivity index (χ3n) is 3.26. The van der Waals surface area contributed by atoms with Crippen molar-refractivity contribution in [2.45, 2.75) is 26.7 Å². The number of hydrogen-bond acceptors (Lipinski definition) is 4. The van der Waals surface area contributed by atoms with E-state index in [1.807, 2.05) is 37.3 Å². The zero-order valence-electron chi connectivity index (χ0n) is 13.7. The van der Waals surface area contributed by atoms with E-state index in [9.17, 15) is 4.79 Å². The summed E-state index contributed by atoms with van der Waals surface area (Å²) in [7, 11) is 0. The van der Waals surface area contributed by atoms with Gasteiger partial charge in [0.25, 0.3) is 0 Å². The van der Waals surface area contributed by atoms with Gasteiger partial charge in [-0.05, 0) is 36.6 Å². The Hall–Kier alpha value is -2.49. The number of ether oxygens (including phenoxy) is 3. The van der Waals surface area contributed by atoms with Gasteiger partial charge in [-0.25, -0.2) is 4.79 Å². The highest BCUT2D eigenvalue weighted by atomic mass is 16.6. The van der Waals surface area contributed by atoms with Crippen molar-refractivity contribution in [3.63, 3.8) is 0 Å². The van der Waals surface area contributed by atoms with Crippen molar-refractivity contribution < 1.29 is 19.0 Å². The van der Waals surface area contributed by atoms with Gasteiger partial charge in [-0.3, -0.25) is 0 Å². The summed E-state index contributed by atoms with van der Waals surface area (Å²) in [5, 5.41) is 0. The molecule has 4 heteroatoms. The van der Waals surface area contributed by atoms with Gasteiger partial charge in [0, 0.05) is 0 Å². The SMILES string of the molecule is CCOc1ccccc1OC(=O)COc1ccccc1C(C)C. The van der Waals surface area contributed by atoms with Gasteiger partial charge in [-0.2, -0.15) is 0 Å². The molecule has 0 aliphatic carbocycles. The molecule has 0 heterocycles. The smallest absolute Gasteiger partial charge is 0.349 e. The van der Waals surface area contributed by atoms with Crippen molar-refractivity contribution in [1.82, 2.24) is 0 Å². The van der Waals surface area contributed by atoms with E-state index in [0.717, 1.165) is 5.56 Å². The molecule has 4 nitrogen and oxygen atoms in total. The van der Waals surface area contributed by atoms with E-state index in [2.05, 4.69) is 13.8 Å². The molecule has 0 aliphatic rings. The number of benzene rings is 2. The minimum atomic E-state index is -0.462. The average Bonchev–Trinajstić information content (AvgIpc) is 2.55. The largest absolute Gasteiger partial charge is 0.490 e. The Kier molecular flexibility index (Phi) is 6.03. The molecule has 122 valence electrons. The first-order valence-electron chi connectivity index (χ1n) is 7.76. The van der Waals surface area contributed by atoms with Gasteiger partial charge in [0.1, 0.15) is 5.75 Å². The Bertz CT molecular complexity index is 649. The lowest BCUT2D eigenvalue weighted by Crippen LogP contribution is -2.18. The summed E-state index contributed by atoms with van der Waals surface area (Å²) in [6, 6.07) is 14.8. The molecule has 2 rings (SSSR count). The fourth-order valence-electron chi connectivity index (χ4n) is 2.19. The van der Waals surface area contributed by atoms with Gasteiger partial charge in [0.05, 0.1) is 6.61 Å². The molecule has 0 spiro atoms.